The summed E-state index contributed by atoms with van der Waals surface area (Å²) in [7, 11) is 1.44. The van der Waals surface area contributed by atoms with Gasteiger partial charge in [0.2, 0.25) is 11.8 Å². The Hall–Kier alpha value is -3.72. The Morgan fingerprint density at radius 1 is 1.17 bits per heavy atom. The highest BCUT2D eigenvalue weighted by Crippen LogP contribution is 2.42. The van der Waals surface area contributed by atoms with E-state index in [1.54, 1.807) is 6.07 Å². The second-order valence-corrected chi connectivity index (χ2v) is 11.0. The zero-order valence-corrected chi connectivity index (χ0v) is 22.5. The Bertz CT molecular complexity index is 1340. The van der Waals surface area contributed by atoms with Gasteiger partial charge >= 0.3 is 0 Å². The number of amides is 2. The lowest BCUT2D eigenvalue weighted by Gasteiger charge is -2.36. The highest BCUT2D eigenvalue weighted by atomic mass is 19.3. The van der Waals surface area contributed by atoms with Gasteiger partial charge in [-0.3, -0.25) is 24.4 Å². The average molecular weight is 574 g/mol. The zero-order valence-electron chi connectivity index (χ0n) is 22.5. The Balaban J connectivity index is 1.58. The van der Waals surface area contributed by atoms with Crippen LogP contribution in [0.4, 0.5) is 23.2 Å². The number of carbonyl (C=O) groups excluding carboxylic acids is 2. The Labute approximate surface area is 235 Å². The SMILES string of the molecule is COC1CC(C(=O)N(c2ccc(C3CC3)cc2F)C(C(=O)NC2CCC(F)(F)CC2)c2cnccc2F)N(C#N)C1. The van der Waals surface area contributed by atoms with Gasteiger partial charge in [0.1, 0.15) is 23.7 Å². The van der Waals surface area contributed by atoms with E-state index < -0.39 is 66.4 Å². The van der Waals surface area contributed by atoms with E-state index in [1.165, 1.54) is 30.3 Å². The smallest absolute Gasteiger partial charge is 0.251 e. The lowest BCUT2D eigenvalue weighted by atomic mass is 9.91. The number of alkyl halides is 2. The van der Waals surface area contributed by atoms with E-state index in [0.717, 1.165) is 35.6 Å². The molecule has 2 aliphatic carbocycles. The van der Waals surface area contributed by atoms with Crippen molar-refractivity contribution in [2.24, 2.45) is 0 Å². The molecule has 0 radical (unpaired) electrons. The summed E-state index contributed by atoms with van der Waals surface area (Å²) in [6.45, 7) is 0.106. The highest BCUT2D eigenvalue weighted by molar-refractivity contribution is 6.04. The topological polar surface area (TPSA) is 98.6 Å². The minimum absolute atomic E-state index is 0.0142. The molecule has 2 saturated carbocycles. The van der Waals surface area contributed by atoms with Crippen molar-refractivity contribution in [1.82, 2.24) is 15.2 Å². The number of likely N-dealkylation sites (tertiary alicyclic amines) is 1. The third-order valence-electron chi connectivity index (χ3n) is 8.19. The number of hydrogen-bond acceptors (Lipinski definition) is 6. The highest BCUT2D eigenvalue weighted by Gasteiger charge is 2.45. The van der Waals surface area contributed by atoms with Crippen LogP contribution in [0.1, 0.15) is 68.0 Å². The lowest BCUT2D eigenvalue weighted by Crippen LogP contribution is -2.52. The first-order valence-electron chi connectivity index (χ1n) is 13.7. The van der Waals surface area contributed by atoms with Crippen molar-refractivity contribution in [1.29, 1.82) is 5.26 Å². The van der Waals surface area contributed by atoms with E-state index >= 15 is 8.78 Å². The van der Waals surface area contributed by atoms with Gasteiger partial charge in [-0.15, -0.1) is 0 Å². The maximum atomic E-state index is 15.8. The molecule has 1 aliphatic heterocycles. The van der Waals surface area contributed by atoms with Crippen LogP contribution in [0.3, 0.4) is 0 Å². The number of anilines is 1. The number of hydrogen-bond donors (Lipinski definition) is 1. The van der Waals surface area contributed by atoms with Crippen LogP contribution in [-0.4, -0.2) is 59.5 Å². The molecule has 0 bridgehead atoms. The van der Waals surface area contributed by atoms with E-state index in [2.05, 4.69) is 10.3 Å². The lowest BCUT2D eigenvalue weighted by molar-refractivity contribution is -0.129. The van der Waals surface area contributed by atoms with Gasteiger partial charge in [-0.25, -0.2) is 17.6 Å². The first kappa shape index (κ1) is 28.8. The third kappa shape index (κ3) is 6.15. The van der Waals surface area contributed by atoms with Gasteiger partial charge in [-0.05, 0) is 55.4 Å². The van der Waals surface area contributed by atoms with Gasteiger partial charge in [0.25, 0.3) is 5.91 Å². The number of halogens is 4. The standard InChI is InChI=1S/C29H31F4N5O3/c1-41-20-13-25(37(15-20)16-34)28(40)38(24-5-4-18(12-23(24)31)17-2-3-17)26(21-14-35-11-8-22(21)30)27(39)36-19-6-9-29(32,33)10-7-19/h4-5,8,11-12,14,17,19-20,25-26H,2-3,6-7,9-10,13,15H2,1H3,(H,36,39). The number of rotatable bonds is 8. The summed E-state index contributed by atoms with van der Waals surface area (Å²) in [6, 6.07) is 1.88. The van der Waals surface area contributed by atoms with Crippen LogP contribution in [0.5, 0.6) is 0 Å². The number of carbonyl (C=O) groups is 2. The van der Waals surface area contributed by atoms with Gasteiger partial charge in [0.05, 0.1) is 18.3 Å². The summed E-state index contributed by atoms with van der Waals surface area (Å²) in [5.74, 6) is -5.95. The van der Waals surface area contributed by atoms with E-state index in [4.69, 9.17) is 4.74 Å². The van der Waals surface area contributed by atoms with E-state index in [-0.39, 0.29) is 43.0 Å². The van der Waals surface area contributed by atoms with Crippen LogP contribution in [-0.2, 0) is 14.3 Å². The van der Waals surface area contributed by atoms with E-state index in [1.807, 2.05) is 6.19 Å². The number of pyridine rings is 1. The van der Waals surface area contributed by atoms with Crippen molar-refractivity contribution in [3.8, 4) is 6.19 Å². The van der Waals surface area contributed by atoms with E-state index in [9.17, 15) is 23.6 Å². The number of nitrogens with one attached hydrogen (secondary N) is 1. The Kier molecular flexibility index (Phi) is 8.18. The molecule has 8 nitrogen and oxygen atoms in total. The molecule has 2 amide bonds. The quantitative estimate of drug-likeness (QED) is 0.367. The summed E-state index contributed by atoms with van der Waals surface area (Å²) in [4.78, 5) is 34.2. The molecule has 3 unspecified atom stereocenters. The number of ether oxygens (including phenoxy) is 1. The van der Waals surface area contributed by atoms with Gasteiger partial charge in [0.15, 0.2) is 6.19 Å². The average Bonchev–Trinajstić information content (AvgIpc) is 3.72. The van der Waals surface area contributed by atoms with Crippen molar-refractivity contribution in [3.05, 3.63) is 59.4 Å². The molecule has 218 valence electrons. The van der Waals surface area contributed by atoms with Crippen molar-refractivity contribution in [2.45, 2.75) is 81.0 Å². The summed E-state index contributed by atoms with van der Waals surface area (Å²) >= 11 is 0. The number of nitriles is 1. The molecule has 12 heteroatoms. The zero-order chi connectivity index (χ0) is 29.3. The van der Waals surface area contributed by atoms with E-state index in [0.29, 0.717) is 0 Å². The predicted octanol–water partition coefficient (Wildman–Crippen LogP) is 4.58. The second kappa shape index (κ2) is 11.6. The van der Waals surface area contributed by atoms with Crippen molar-refractivity contribution >= 4 is 17.5 Å². The number of aromatic nitrogens is 1. The Morgan fingerprint density at radius 2 is 1.90 bits per heavy atom. The van der Waals surface area contributed by atoms with Gasteiger partial charge in [-0.1, -0.05) is 6.07 Å². The molecule has 2 aromatic rings. The molecule has 5 rings (SSSR count). The maximum absolute atomic E-state index is 15.8. The largest absolute Gasteiger partial charge is 0.379 e. The van der Waals surface area contributed by atoms with Crippen LogP contribution in [0, 0.1) is 23.1 Å². The first-order valence-corrected chi connectivity index (χ1v) is 13.7. The van der Waals surface area contributed by atoms with Crippen molar-refractivity contribution in [3.63, 3.8) is 0 Å². The molecule has 3 fully saturated rings. The van der Waals surface area contributed by atoms with Crippen LogP contribution in [0.25, 0.3) is 0 Å². The molecular weight excluding hydrogens is 542 g/mol. The van der Waals surface area contributed by atoms with Crippen LogP contribution < -0.4 is 10.2 Å². The maximum Gasteiger partial charge on any atom is 0.251 e. The summed E-state index contributed by atoms with van der Waals surface area (Å²) < 4.78 is 64.0. The minimum atomic E-state index is -2.84. The first-order chi connectivity index (χ1) is 19.6. The number of benzene rings is 1. The van der Waals surface area contributed by atoms with Crippen LogP contribution >= 0.6 is 0 Å². The molecule has 1 aromatic heterocycles. The fourth-order valence-corrected chi connectivity index (χ4v) is 5.70. The summed E-state index contributed by atoms with van der Waals surface area (Å²) in [5, 5.41) is 12.4. The second-order valence-electron chi connectivity index (χ2n) is 11.0. The van der Waals surface area contributed by atoms with Crippen LogP contribution in [0.2, 0.25) is 0 Å². The summed E-state index contributed by atoms with van der Waals surface area (Å²) in [6.07, 6.45) is 4.76. The summed E-state index contributed by atoms with van der Waals surface area (Å²) in [5.41, 5.74) is 0.181. The third-order valence-corrected chi connectivity index (χ3v) is 8.19. The predicted molar refractivity (Wildman–Crippen MR) is 140 cm³/mol. The van der Waals surface area contributed by atoms with Crippen molar-refractivity contribution in [2.75, 3.05) is 18.6 Å². The van der Waals surface area contributed by atoms with Gasteiger partial charge in [0, 0.05) is 50.4 Å². The molecule has 0 spiro atoms. The van der Waals surface area contributed by atoms with Crippen molar-refractivity contribution < 1.29 is 31.9 Å². The molecule has 2 heterocycles. The fraction of sp³-hybridized carbons (Fsp3) is 0.517. The molecular formula is C29H31F4N5O3. The van der Waals surface area contributed by atoms with Gasteiger partial charge in [-0.2, -0.15) is 5.26 Å². The molecule has 3 aliphatic rings. The molecule has 1 saturated heterocycles. The Morgan fingerprint density at radius 3 is 2.51 bits per heavy atom. The monoisotopic (exact) mass is 573 g/mol. The molecule has 41 heavy (non-hydrogen) atoms. The fourth-order valence-electron chi connectivity index (χ4n) is 5.70. The van der Waals surface area contributed by atoms with Crippen LogP contribution in [0.15, 0.2) is 36.7 Å². The molecule has 3 atom stereocenters. The minimum Gasteiger partial charge on any atom is -0.379 e. The molecule has 1 aromatic carbocycles. The number of nitrogens with zero attached hydrogens (tertiary/aromatic N) is 4. The molecule has 1 N–H and O–H groups in total. The number of methoxy groups -OCH3 is 1. The normalized spacial score (nSPS) is 23.1. The van der Waals surface area contributed by atoms with Gasteiger partial charge < -0.3 is 10.1 Å².